The molecule has 0 bridgehead atoms. The lowest BCUT2D eigenvalue weighted by atomic mass is 10.0. The zero-order valence-corrected chi connectivity index (χ0v) is 34.7. The number of likely N-dealkylation sites (N-methyl/N-ethyl adjacent to an activating group) is 1. The Labute approximate surface area is 320 Å². The quantitative estimate of drug-likeness (QED) is 0.0268. The highest BCUT2D eigenvalue weighted by molar-refractivity contribution is 5.70. The predicted octanol–water partition coefficient (Wildman–Crippen LogP) is 10.2. The number of ether oxygens (including phenoxy) is 3. The molecular formula is C44H83NO7. The first kappa shape index (κ1) is 50.1. The smallest absolute Gasteiger partial charge is 0.306 e. The molecule has 2 atom stereocenters. The highest BCUT2D eigenvalue weighted by Gasteiger charge is 2.25. The van der Waals surface area contributed by atoms with Crippen LogP contribution < -0.4 is 5.11 Å². The molecule has 0 rings (SSSR count). The summed E-state index contributed by atoms with van der Waals surface area (Å²) in [5.41, 5.74) is 0. The van der Waals surface area contributed by atoms with E-state index in [9.17, 15) is 19.5 Å². The Morgan fingerprint density at radius 2 is 1.00 bits per heavy atom. The molecule has 0 aromatic rings. The molecule has 0 radical (unpaired) electrons. The number of carboxylic acids is 1. The highest BCUT2D eigenvalue weighted by atomic mass is 16.6. The monoisotopic (exact) mass is 738 g/mol. The van der Waals surface area contributed by atoms with Crippen molar-refractivity contribution in [2.24, 2.45) is 0 Å². The number of rotatable bonds is 39. The SMILES string of the molecule is CCCCCC/C=C/CCC(=O)OC(COCCC(C(=O)[O-])[N+](C)(C)C)COC(=O)CCCCCCCCCCCCCCCCCCCCCC. The van der Waals surface area contributed by atoms with Gasteiger partial charge in [-0.2, -0.15) is 0 Å². The summed E-state index contributed by atoms with van der Waals surface area (Å²) < 4.78 is 17.0. The van der Waals surface area contributed by atoms with Gasteiger partial charge in [0.2, 0.25) is 0 Å². The maximum absolute atomic E-state index is 12.6. The van der Waals surface area contributed by atoms with Crippen LogP contribution in [0.3, 0.4) is 0 Å². The number of unbranched alkanes of at least 4 members (excludes halogenated alkanes) is 23. The van der Waals surface area contributed by atoms with E-state index in [1.165, 1.54) is 128 Å². The molecule has 0 aliphatic heterocycles. The van der Waals surface area contributed by atoms with Crippen LogP contribution in [0.5, 0.6) is 0 Å². The fourth-order valence-electron chi connectivity index (χ4n) is 6.50. The number of aliphatic carboxylic acids is 1. The number of quaternary nitrogens is 1. The van der Waals surface area contributed by atoms with Crippen LogP contribution in [0.1, 0.15) is 200 Å². The Hall–Kier alpha value is -1.93. The summed E-state index contributed by atoms with van der Waals surface area (Å²) in [7, 11) is 5.39. The summed E-state index contributed by atoms with van der Waals surface area (Å²) in [5, 5.41) is 11.6. The van der Waals surface area contributed by atoms with Gasteiger partial charge in [-0.3, -0.25) is 9.59 Å². The van der Waals surface area contributed by atoms with E-state index in [2.05, 4.69) is 19.9 Å². The van der Waals surface area contributed by atoms with Gasteiger partial charge in [-0.05, 0) is 25.7 Å². The predicted molar refractivity (Wildman–Crippen MR) is 213 cm³/mol. The molecule has 0 spiro atoms. The molecule has 8 nitrogen and oxygen atoms in total. The topological polar surface area (TPSA) is 102 Å². The molecule has 0 fully saturated rings. The van der Waals surface area contributed by atoms with Crippen LogP contribution in [0.2, 0.25) is 0 Å². The first-order chi connectivity index (χ1) is 25.1. The van der Waals surface area contributed by atoms with E-state index >= 15 is 0 Å². The normalized spacial score (nSPS) is 13.0. The largest absolute Gasteiger partial charge is 0.544 e. The highest BCUT2D eigenvalue weighted by Crippen LogP contribution is 2.16. The van der Waals surface area contributed by atoms with Crippen molar-refractivity contribution >= 4 is 17.9 Å². The molecule has 0 saturated heterocycles. The molecule has 0 amide bonds. The summed E-state index contributed by atoms with van der Waals surface area (Å²) in [6, 6.07) is -0.725. The van der Waals surface area contributed by atoms with Gasteiger partial charge >= 0.3 is 11.9 Å². The minimum atomic E-state index is -1.13. The van der Waals surface area contributed by atoms with Crippen LogP contribution in [-0.2, 0) is 28.6 Å². The van der Waals surface area contributed by atoms with Crippen molar-refractivity contribution in [3.05, 3.63) is 12.2 Å². The van der Waals surface area contributed by atoms with Gasteiger partial charge in [-0.15, -0.1) is 0 Å². The molecule has 52 heavy (non-hydrogen) atoms. The molecule has 0 N–H and O–H groups in total. The van der Waals surface area contributed by atoms with Crippen molar-refractivity contribution in [1.82, 2.24) is 0 Å². The third-order valence-corrected chi connectivity index (χ3v) is 9.92. The van der Waals surface area contributed by atoms with Crippen LogP contribution in [0, 0.1) is 0 Å². The second-order valence-corrected chi connectivity index (χ2v) is 15.9. The lowest BCUT2D eigenvalue weighted by molar-refractivity contribution is -0.889. The molecule has 8 heteroatoms. The Balaban J connectivity index is 4.17. The molecule has 0 heterocycles. The average molecular weight is 738 g/mol. The van der Waals surface area contributed by atoms with E-state index < -0.39 is 18.1 Å². The molecule has 0 aliphatic carbocycles. The van der Waals surface area contributed by atoms with Gasteiger partial charge in [0.25, 0.3) is 0 Å². The van der Waals surface area contributed by atoms with Crippen molar-refractivity contribution in [3.8, 4) is 0 Å². The molecule has 0 aliphatic rings. The molecule has 2 unspecified atom stereocenters. The van der Waals surface area contributed by atoms with Crippen LogP contribution in [0.4, 0.5) is 0 Å². The zero-order chi connectivity index (χ0) is 38.5. The Morgan fingerprint density at radius 1 is 0.558 bits per heavy atom. The average Bonchev–Trinajstić information content (AvgIpc) is 3.09. The Morgan fingerprint density at radius 3 is 1.46 bits per heavy atom. The summed E-state index contributed by atoms with van der Waals surface area (Å²) in [6.07, 6.45) is 37.0. The van der Waals surface area contributed by atoms with Gasteiger partial charge in [0.15, 0.2) is 6.10 Å². The van der Waals surface area contributed by atoms with Crippen LogP contribution in [0.25, 0.3) is 0 Å². The van der Waals surface area contributed by atoms with E-state index in [0.29, 0.717) is 12.8 Å². The summed E-state index contributed by atoms with van der Waals surface area (Å²) in [4.78, 5) is 36.6. The standard InChI is InChI=1S/C44H83NO7/c1-6-8-10-12-14-16-17-18-19-20-21-22-23-24-25-26-27-29-30-32-34-42(46)51-39-40(38-50-37-36-41(44(48)49)45(3,4)5)52-43(47)35-33-31-28-15-13-11-9-7-2/h28,31,40-41H,6-27,29-30,32-39H2,1-5H3/b31-28+. The lowest BCUT2D eigenvalue weighted by Gasteiger charge is -2.34. The first-order valence-electron chi connectivity index (χ1n) is 21.7. The van der Waals surface area contributed by atoms with Gasteiger partial charge in [-0.1, -0.05) is 167 Å². The summed E-state index contributed by atoms with van der Waals surface area (Å²) in [6.45, 7) is 4.59. The first-order valence-corrected chi connectivity index (χ1v) is 21.7. The third-order valence-electron chi connectivity index (χ3n) is 9.92. The van der Waals surface area contributed by atoms with Gasteiger partial charge in [0.1, 0.15) is 12.6 Å². The summed E-state index contributed by atoms with van der Waals surface area (Å²) >= 11 is 0. The van der Waals surface area contributed by atoms with E-state index in [4.69, 9.17) is 14.2 Å². The number of carboxylic acid groups (broad SMARTS) is 1. The van der Waals surface area contributed by atoms with Gasteiger partial charge in [-0.25, -0.2) is 0 Å². The van der Waals surface area contributed by atoms with Crippen molar-refractivity contribution in [2.75, 3.05) is 41.0 Å². The third kappa shape index (κ3) is 33.9. The number of carbonyl (C=O) groups excluding carboxylic acids is 3. The van der Waals surface area contributed by atoms with Gasteiger partial charge in [0, 0.05) is 19.3 Å². The van der Waals surface area contributed by atoms with Crippen LogP contribution in [-0.4, -0.2) is 75.5 Å². The number of carbonyl (C=O) groups is 3. The maximum atomic E-state index is 12.6. The summed E-state index contributed by atoms with van der Waals surface area (Å²) in [5.74, 6) is -1.79. The minimum absolute atomic E-state index is 0.0303. The Kier molecular flexibility index (Phi) is 34.7. The molecular weight excluding hydrogens is 654 g/mol. The lowest BCUT2D eigenvalue weighted by Crippen LogP contribution is -2.55. The van der Waals surface area contributed by atoms with E-state index in [-0.39, 0.29) is 49.1 Å². The second kappa shape index (κ2) is 36.1. The number of allylic oxidation sites excluding steroid dienone is 2. The molecule has 306 valence electrons. The van der Waals surface area contributed by atoms with Crippen molar-refractivity contribution in [2.45, 2.75) is 212 Å². The van der Waals surface area contributed by atoms with E-state index in [0.717, 1.165) is 32.1 Å². The molecule has 0 aromatic heterocycles. The zero-order valence-electron chi connectivity index (χ0n) is 34.7. The Bertz CT molecular complexity index is 869. The van der Waals surface area contributed by atoms with Crippen molar-refractivity contribution in [3.63, 3.8) is 0 Å². The maximum Gasteiger partial charge on any atom is 0.306 e. The second-order valence-electron chi connectivity index (χ2n) is 15.9. The van der Waals surface area contributed by atoms with Crippen molar-refractivity contribution in [1.29, 1.82) is 0 Å². The fourth-order valence-corrected chi connectivity index (χ4v) is 6.50. The number of esters is 2. The number of hydrogen-bond acceptors (Lipinski definition) is 7. The number of hydrogen-bond donors (Lipinski definition) is 0. The fraction of sp³-hybridized carbons (Fsp3) is 0.886. The van der Waals surface area contributed by atoms with Crippen molar-refractivity contribution < 1.29 is 38.2 Å². The van der Waals surface area contributed by atoms with Gasteiger partial charge < -0.3 is 28.6 Å². The van der Waals surface area contributed by atoms with Crippen LogP contribution >= 0.6 is 0 Å². The van der Waals surface area contributed by atoms with E-state index in [1.807, 2.05) is 6.08 Å². The van der Waals surface area contributed by atoms with E-state index in [1.54, 1.807) is 21.1 Å². The minimum Gasteiger partial charge on any atom is -0.544 e. The molecule has 0 aromatic carbocycles. The van der Waals surface area contributed by atoms with Crippen LogP contribution in [0.15, 0.2) is 12.2 Å². The molecule has 0 saturated carbocycles. The number of nitrogens with zero attached hydrogens (tertiary/aromatic N) is 1. The van der Waals surface area contributed by atoms with Gasteiger partial charge in [0.05, 0.1) is 40.3 Å².